The van der Waals surface area contributed by atoms with Gasteiger partial charge in [-0.2, -0.15) is 14.0 Å². The van der Waals surface area contributed by atoms with Crippen LogP contribution in [-0.4, -0.2) is 13.0 Å². The van der Waals surface area contributed by atoms with Crippen LogP contribution in [0.25, 0.3) is 11.1 Å². The van der Waals surface area contributed by atoms with E-state index in [1.54, 1.807) is 6.07 Å². The second-order valence-corrected chi connectivity index (χ2v) is 4.25. The first-order valence-electron chi connectivity index (χ1n) is 6.14. The van der Waals surface area contributed by atoms with Crippen LogP contribution in [0.2, 0.25) is 0 Å². The summed E-state index contributed by atoms with van der Waals surface area (Å²) in [6.07, 6.45) is -4.90. The number of hydrogen-bond donors (Lipinski definition) is 0. The zero-order valence-corrected chi connectivity index (χ0v) is 11.3. The van der Waals surface area contributed by atoms with Gasteiger partial charge in [-0.1, -0.05) is 24.3 Å². The molecule has 0 unspecified atom stereocenters. The Morgan fingerprint density at radius 3 is 2.30 bits per heavy atom. The maximum Gasteiger partial charge on any atom is 0.573 e. The highest BCUT2D eigenvalue weighted by molar-refractivity contribution is 5.72. The lowest BCUT2D eigenvalue weighted by molar-refractivity contribution is -0.274. The number of rotatable bonds is 4. The Morgan fingerprint density at radius 2 is 1.70 bits per heavy atom. The van der Waals surface area contributed by atoms with Crippen molar-refractivity contribution >= 4 is 0 Å². The van der Waals surface area contributed by atoms with Crippen molar-refractivity contribution in [3.8, 4) is 28.7 Å². The van der Waals surface area contributed by atoms with Crippen molar-refractivity contribution < 1.29 is 31.4 Å². The summed E-state index contributed by atoms with van der Waals surface area (Å²) in [4.78, 5) is 0. The predicted octanol–water partition coefficient (Wildman–Crippen LogP) is 4.73. The number of ether oxygens (including phenoxy) is 2. The van der Waals surface area contributed by atoms with Crippen LogP contribution < -0.4 is 9.47 Å². The Labute approximate surface area is 127 Å². The molecule has 120 valence electrons. The van der Waals surface area contributed by atoms with Crippen LogP contribution in [0.15, 0.2) is 42.5 Å². The summed E-state index contributed by atoms with van der Waals surface area (Å²) >= 11 is 0. The minimum Gasteiger partial charge on any atom is -0.433 e. The molecule has 0 fully saturated rings. The molecule has 2 aromatic carbocycles. The smallest absolute Gasteiger partial charge is 0.433 e. The van der Waals surface area contributed by atoms with Crippen molar-refractivity contribution in [3.63, 3.8) is 0 Å². The van der Waals surface area contributed by atoms with Crippen LogP contribution in [0, 0.1) is 11.3 Å². The average molecular weight is 329 g/mol. The van der Waals surface area contributed by atoms with E-state index >= 15 is 0 Å². The van der Waals surface area contributed by atoms with Gasteiger partial charge in [0.15, 0.2) is 0 Å². The molecule has 0 aliphatic carbocycles. The molecule has 0 saturated carbocycles. The molecule has 2 aromatic rings. The van der Waals surface area contributed by atoms with Gasteiger partial charge in [-0.25, -0.2) is 0 Å². The van der Waals surface area contributed by atoms with E-state index in [2.05, 4.69) is 9.47 Å². The van der Waals surface area contributed by atoms with Gasteiger partial charge in [-0.3, -0.25) is 0 Å². The average Bonchev–Trinajstić information content (AvgIpc) is 2.45. The van der Waals surface area contributed by atoms with Crippen molar-refractivity contribution in [2.45, 2.75) is 13.0 Å². The van der Waals surface area contributed by atoms with Crippen molar-refractivity contribution in [2.75, 3.05) is 0 Å². The highest BCUT2D eigenvalue weighted by atomic mass is 19.4. The molecule has 0 aromatic heterocycles. The first-order chi connectivity index (χ1) is 10.8. The minimum absolute atomic E-state index is 0.0217. The highest BCUT2D eigenvalue weighted by Crippen LogP contribution is 2.36. The van der Waals surface area contributed by atoms with Crippen LogP contribution in [0.5, 0.6) is 11.5 Å². The Hall–Kier alpha value is -2.82. The van der Waals surface area contributed by atoms with Crippen LogP contribution in [0.4, 0.5) is 22.0 Å². The maximum absolute atomic E-state index is 12.4. The van der Waals surface area contributed by atoms with Gasteiger partial charge < -0.3 is 9.47 Å². The van der Waals surface area contributed by atoms with Crippen molar-refractivity contribution in [1.29, 1.82) is 5.26 Å². The molecule has 3 nitrogen and oxygen atoms in total. The summed E-state index contributed by atoms with van der Waals surface area (Å²) in [6.45, 7) is -3.17. The molecule has 0 spiro atoms. The zero-order chi connectivity index (χ0) is 17.0. The molecule has 0 saturated heterocycles. The molecule has 2 rings (SSSR count). The lowest BCUT2D eigenvalue weighted by Gasteiger charge is -2.14. The minimum atomic E-state index is -4.90. The van der Waals surface area contributed by atoms with Gasteiger partial charge in [0.25, 0.3) is 0 Å². The first-order valence-corrected chi connectivity index (χ1v) is 6.14. The lowest BCUT2D eigenvalue weighted by atomic mass is 10.0. The summed E-state index contributed by atoms with van der Waals surface area (Å²) in [6, 6.07) is 10.4. The van der Waals surface area contributed by atoms with E-state index in [1.165, 1.54) is 30.3 Å². The van der Waals surface area contributed by atoms with Crippen molar-refractivity contribution in [3.05, 3.63) is 48.0 Å². The van der Waals surface area contributed by atoms with E-state index < -0.39 is 24.5 Å². The summed E-state index contributed by atoms with van der Waals surface area (Å²) in [5.41, 5.74) is -0.00352. The fourth-order valence-electron chi connectivity index (χ4n) is 1.89. The van der Waals surface area contributed by atoms with Crippen molar-refractivity contribution in [2.24, 2.45) is 0 Å². The molecule has 23 heavy (non-hydrogen) atoms. The van der Waals surface area contributed by atoms with E-state index in [9.17, 15) is 22.0 Å². The zero-order valence-electron chi connectivity index (χ0n) is 11.3. The lowest BCUT2D eigenvalue weighted by Crippen LogP contribution is -2.17. The molecule has 8 heteroatoms. The SMILES string of the molecule is N#Cc1ccc(-c2ccccc2OC(F)(F)F)cc1OC(F)F. The van der Waals surface area contributed by atoms with Gasteiger partial charge >= 0.3 is 13.0 Å². The summed E-state index contributed by atoms with van der Waals surface area (Å²) in [5.74, 6) is -0.922. The molecule has 0 amide bonds. The number of para-hydroxylation sites is 1. The largest absolute Gasteiger partial charge is 0.573 e. The quantitative estimate of drug-likeness (QED) is 0.762. The molecule has 0 aliphatic rings. The molecule has 0 heterocycles. The number of nitrogens with zero attached hydrogens (tertiary/aromatic N) is 1. The molecular weight excluding hydrogens is 321 g/mol. The third-order valence-electron chi connectivity index (χ3n) is 2.74. The van der Waals surface area contributed by atoms with Gasteiger partial charge in [0.1, 0.15) is 17.6 Å². The number of hydrogen-bond acceptors (Lipinski definition) is 3. The molecule has 0 aliphatic heterocycles. The molecule has 0 bridgehead atoms. The first kappa shape index (κ1) is 16.5. The molecular formula is C15H8F5NO2. The number of benzene rings is 2. The topological polar surface area (TPSA) is 42.2 Å². The second kappa shape index (κ2) is 6.52. The van der Waals surface area contributed by atoms with E-state index in [4.69, 9.17) is 5.26 Å². The third-order valence-corrected chi connectivity index (χ3v) is 2.74. The number of nitriles is 1. The van der Waals surface area contributed by atoms with Gasteiger partial charge in [0.2, 0.25) is 0 Å². The Bertz CT molecular complexity index is 737. The Kier molecular flexibility index (Phi) is 4.69. The molecule has 0 atom stereocenters. The van der Waals surface area contributed by atoms with Gasteiger partial charge in [-0.05, 0) is 23.8 Å². The van der Waals surface area contributed by atoms with Crippen LogP contribution >= 0.6 is 0 Å². The van der Waals surface area contributed by atoms with E-state index in [0.717, 1.165) is 12.1 Å². The standard InChI is InChI=1S/C15H8F5NO2/c16-14(17)22-13-7-9(5-6-10(13)8-21)11-3-1-2-4-12(11)23-15(18,19)20/h1-7,14H. The Morgan fingerprint density at radius 1 is 1.00 bits per heavy atom. The van der Waals surface area contributed by atoms with Crippen molar-refractivity contribution in [1.82, 2.24) is 0 Å². The summed E-state index contributed by atoms with van der Waals surface area (Å²) in [5, 5.41) is 8.85. The Balaban J connectivity index is 2.49. The van der Waals surface area contributed by atoms with E-state index in [1.807, 2.05) is 0 Å². The fourth-order valence-corrected chi connectivity index (χ4v) is 1.89. The van der Waals surface area contributed by atoms with Gasteiger partial charge in [0, 0.05) is 5.56 Å². The normalized spacial score (nSPS) is 11.2. The molecule has 0 radical (unpaired) electrons. The summed E-state index contributed by atoms with van der Waals surface area (Å²) < 4.78 is 70.1. The second-order valence-electron chi connectivity index (χ2n) is 4.25. The highest BCUT2D eigenvalue weighted by Gasteiger charge is 2.32. The predicted molar refractivity (Wildman–Crippen MR) is 69.9 cm³/mol. The van der Waals surface area contributed by atoms with Crippen LogP contribution in [0.1, 0.15) is 5.56 Å². The number of halogens is 5. The summed E-state index contributed by atoms with van der Waals surface area (Å²) in [7, 11) is 0. The van der Waals surface area contributed by atoms with E-state index in [0.29, 0.717) is 0 Å². The molecule has 0 N–H and O–H groups in total. The number of alkyl halides is 5. The maximum atomic E-state index is 12.4. The van der Waals surface area contributed by atoms with Crippen LogP contribution in [-0.2, 0) is 0 Å². The van der Waals surface area contributed by atoms with E-state index in [-0.39, 0.29) is 16.7 Å². The third kappa shape index (κ3) is 4.32. The monoisotopic (exact) mass is 329 g/mol. The van der Waals surface area contributed by atoms with Gasteiger partial charge in [-0.15, -0.1) is 13.2 Å². The van der Waals surface area contributed by atoms with Gasteiger partial charge in [0.05, 0.1) is 5.56 Å². The fraction of sp³-hybridized carbons (Fsp3) is 0.133. The van der Waals surface area contributed by atoms with Crippen LogP contribution in [0.3, 0.4) is 0 Å².